The van der Waals surface area contributed by atoms with Gasteiger partial charge in [-0.2, -0.15) is 0 Å². The van der Waals surface area contributed by atoms with Crippen molar-refractivity contribution in [2.24, 2.45) is 0 Å². The third-order valence-electron chi connectivity index (χ3n) is 3.61. The number of rotatable bonds is 4. The van der Waals surface area contributed by atoms with Crippen LogP contribution in [0.3, 0.4) is 0 Å². The Bertz CT molecular complexity index is 416. The second-order valence-corrected chi connectivity index (χ2v) is 5.41. The Morgan fingerprint density at radius 2 is 2.16 bits per heavy atom. The van der Waals surface area contributed by atoms with E-state index in [0.717, 1.165) is 37.2 Å². The van der Waals surface area contributed by atoms with Crippen LogP contribution in [0, 0.1) is 0 Å². The number of nitrogens with two attached hydrogens (primary N) is 1. The molecule has 1 fully saturated rings. The Balaban J connectivity index is 1.73. The molecule has 0 aromatic heterocycles. The highest BCUT2D eigenvalue weighted by Gasteiger charge is 2.18. The second-order valence-electron chi connectivity index (χ2n) is 5.41. The van der Waals surface area contributed by atoms with Crippen molar-refractivity contribution in [2.45, 2.75) is 31.7 Å². The summed E-state index contributed by atoms with van der Waals surface area (Å²) >= 11 is 0. The van der Waals surface area contributed by atoms with Crippen molar-refractivity contribution in [1.82, 2.24) is 10.2 Å². The minimum atomic E-state index is 0.150. The summed E-state index contributed by atoms with van der Waals surface area (Å²) in [5.41, 5.74) is 7.56. The molecule has 1 aromatic rings. The van der Waals surface area contributed by atoms with Crippen molar-refractivity contribution >= 4 is 11.6 Å². The van der Waals surface area contributed by atoms with Crippen LogP contribution in [0.4, 0.5) is 5.69 Å². The highest BCUT2D eigenvalue weighted by atomic mass is 16.1. The SMILES string of the molecule is CN1CCCC(NC(=O)CCc2ccc(N)cc2)C1. The van der Waals surface area contributed by atoms with E-state index >= 15 is 0 Å². The molecule has 0 aliphatic carbocycles. The third kappa shape index (κ3) is 4.56. The first-order chi connectivity index (χ1) is 9.13. The average molecular weight is 261 g/mol. The number of aryl methyl sites for hydroxylation is 1. The molecule has 1 aliphatic rings. The molecule has 19 heavy (non-hydrogen) atoms. The van der Waals surface area contributed by atoms with Gasteiger partial charge in [0, 0.05) is 24.7 Å². The number of carbonyl (C=O) groups is 1. The Morgan fingerprint density at radius 1 is 1.42 bits per heavy atom. The molecule has 1 aliphatic heterocycles. The van der Waals surface area contributed by atoms with Gasteiger partial charge in [-0.1, -0.05) is 12.1 Å². The van der Waals surface area contributed by atoms with Crippen LogP contribution < -0.4 is 11.1 Å². The number of amides is 1. The van der Waals surface area contributed by atoms with Crippen LogP contribution in [0.15, 0.2) is 24.3 Å². The molecule has 1 atom stereocenters. The number of nitrogen functional groups attached to an aromatic ring is 1. The number of likely N-dealkylation sites (tertiary alicyclic amines) is 1. The molecule has 4 nitrogen and oxygen atoms in total. The van der Waals surface area contributed by atoms with Crippen LogP contribution in [0.25, 0.3) is 0 Å². The Labute approximate surface area is 115 Å². The van der Waals surface area contributed by atoms with E-state index in [-0.39, 0.29) is 5.91 Å². The topological polar surface area (TPSA) is 58.4 Å². The van der Waals surface area contributed by atoms with Gasteiger partial charge in [0.2, 0.25) is 5.91 Å². The van der Waals surface area contributed by atoms with Crippen molar-refractivity contribution < 1.29 is 4.79 Å². The van der Waals surface area contributed by atoms with Crippen molar-refractivity contribution in [3.05, 3.63) is 29.8 Å². The largest absolute Gasteiger partial charge is 0.399 e. The van der Waals surface area contributed by atoms with Gasteiger partial charge in [-0.15, -0.1) is 0 Å². The predicted molar refractivity (Wildman–Crippen MR) is 77.8 cm³/mol. The molecule has 1 heterocycles. The Hall–Kier alpha value is -1.55. The minimum absolute atomic E-state index is 0.150. The molecule has 0 bridgehead atoms. The van der Waals surface area contributed by atoms with Gasteiger partial charge in [0.05, 0.1) is 0 Å². The van der Waals surface area contributed by atoms with Crippen molar-refractivity contribution in [3.8, 4) is 0 Å². The van der Waals surface area contributed by atoms with E-state index < -0.39 is 0 Å². The fourth-order valence-corrected chi connectivity index (χ4v) is 2.53. The number of anilines is 1. The molecule has 1 aromatic carbocycles. The summed E-state index contributed by atoms with van der Waals surface area (Å²) < 4.78 is 0. The number of nitrogens with one attached hydrogen (secondary N) is 1. The van der Waals surface area contributed by atoms with Crippen LogP contribution in [0.2, 0.25) is 0 Å². The van der Waals surface area contributed by atoms with Crippen LogP contribution in [0.5, 0.6) is 0 Å². The first-order valence-electron chi connectivity index (χ1n) is 6.96. The van der Waals surface area contributed by atoms with Gasteiger partial charge < -0.3 is 16.0 Å². The number of benzene rings is 1. The Kier molecular flexibility index (Phi) is 4.80. The van der Waals surface area contributed by atoms with Gasteiger partial charge in [-0.05, 0) is 50.6 Å². The molecule has 3 N–H and O–H groups in total. The number of hydrogen-bond donors (Lipinski definition) is 2. The molecule has 1 unspecified atom stereocenters. The minimum Gasteiger partial charge on any atom is -0.399 e. The second kappa shape index (κ2) is 6.57. The van der Waals surface area contributed by atoms with Crippen molar-refractivity contribution in [3.63, 3.8) is 0 Å². The summed E-state index contributed by atoms with van der Waals surface area (Å²) in [6.45, 7) is 2.10. The number of nitrogens with zero attached hydrogens (tertiary/aromatic N) is 1. The van der Waals surface area contributed by atoms with Crippen LogP contribution in [-0.4, -0.2) is 37.0 Å². The highest BCUT2D eigenvalue weighted by Crippen LogP contribution is 2.10. The average Bonchev–Trinajstić information content (AvgIpc) is 2.38. The quantitative estimate of drug-likeness (QED) is 0.806. The fraction of sp³-hybridized carbons (Fsp3) is 0.533. The zero-order valence-electron chi connectivity index (χ0n) is 11.6. The molecular weight excluding hydrogens is 238 g/mol. The maximum Gasteiger partial charge on any atom is 0.220 e. The van der Waals surface area contributed by atoms with Crippen LogP contribution >= 0.6 is 0 Å². The number of carbonyl (C=O) groups excluding carboxylic acids is 1. The van der Waals surface area contributed by atoms with Gasteiger partial charge in [0.25, 0.3) is 0 Å². The fourth-order valence-electron chi connectivity index (χ4n) is 2.53. The molecule has 0 radical (unpaired) electrons. The maximum atomic E-state index is 11.9. The number of likely N-dealkylation sites (N-methyl/N-ethyl adjacent to an activating group) is 1. The van der Waals surface area contributed by atoms with E-state index in [1.807, 2.05) is 24.3 Å². The third-order valence-corrected chi connectivity index (χ3v) is 3.61. The smallest absolute Gasteiger partial charge is 0.220 e. The molecule has 0 spiro atoms. The molecule has 1 saturated heterocycles. The molecular formula is C15H23N3O. The van der Waals surface area contributed by atoms with Gasteiger partial charge in [0.1, 0.15) is 0 Å². The van der Waals surface area contributed by atoms with Gasteiger partial charge in [-0.3, -0.25) is 4.79 Å². The van der Waals surface area contributed by atoms with E-state index in [0.29, 0.717) is 12.5 Å². The van der Waals surface area contributed by atoms with Crippen molar-refractivity contribution in [2.75, 3.05) is 25.9 Å². The summed E-state index contributed by atoms with van der Waals surface area (Å²) in [6, 6.07) is 8.04. The van der Waals surface area contributed by atoms with E-state index in [1.54, 1.807) is 0 Å². The normalized spacial score (nSPS) is 20.2. The summed E-state index contributed by atoms with van der Waals surface area (Å²) in [5.74, 6) is 0.150. The lowest BCUT2D eigenvalue weighted by Gasteiger charge is -2.30. The van der Waals surface area contributed by atoms with Gasteiger partial charge in [0.15, 0.2) is 0 Å². The highest BCUT2D eigenvalue weighted by molar-refractivity contribution is 5.76. The zero-order valence-corrected chi connectivity index (χ0v) is 11.6. The molecule has 104 valence electrons. The van der Waals surface area contributed by atoms with E-state index in [1.165, 1.54) is 6.42 Å². The lowest BCUT2D eigenvalue weighted by Crippen LogP contribution is -2.46. The van der Waals surface area contributed by atoms with Gasteiger partial charge in [-0.25, -0.2) is 0 Å². The van der Waals surface area contributed by atoms with E-state index in [9.17, 15) is 4.79 Å². The van der Waals surface area contributed by atoms with Gasteiger partial charge >= 0.3 is 0 Å². The van der Waals surface area contributed by atoms with Crippen LogP contribution in [0.1, 0.15) is 24.8 Å². The molecule has 1 amide bonds. The maximum absolute atomic E-state index is 11.9. The zero-order chi connectivity index (χ0) is 13.7. The van der Waals surface area contributed by atoms with E-state index in [2.05, 4.69) is 17.3 Å². The first-order valence-corrected chi connectivity index (χ1v) is 6.96. The molecule has 0 saturated carbocycles. The monoisotopic (exact) mass is 261 g/mol. The van der Waals surface area contributed by atoms with Crippen LogP contribution in [-0.2, 0) is 11.2 Å². The molecule has 4 heteroatoms. The predicted octanol–water partition coefficient (Wildman–Crippen LogP) is 1.41. The lowest BCUT2D eigenvalue weighted by atomic mass is 10.1. The molecule has 2 rings (SSSR count). The first kappa shape index (κ1) is 13.9. The summed E-state index contributed by atoms with van der Waals surface area (Å²) in [5, 5.41) is 3.13. The standard InChI is InChI=1S/C15H23N3O/c1-18-10-2-3-14(11-18)17-15(19)9-6-12-4-7-13(16)8-5-12/h4-5,7-8,14H,2-3,6,9-11,16H2,1H3,(H,17,19). The van der Waals surface area contributed by atoms with Crippen molar-refractivity contribution in [1.29, 1.82) is 0 Å². The van der Waals surface area contributed by atoms with E-state index in [4.69, 9.17) is 5.73 Å². The Morgan fingerprint density at radius 3 is 2.84 bits per heavy atom. The number of hydrogen-bond acceptors (Lipinski definition) is 3. The summed E-state index contributed by atoms with van der Waals surface area (Å²) in [4.78, 5) is 14.2. The lowest BCUT2D eigenvalue weighted by molar-refractivity contribution is -0.122. The summed E-state index contributed by atoms with van der Waals surface area (Å²) in [7, 11) is 2.10. The number of piperidine rings is 1. The summed E-state index contributed by atoms with van der Waals surface area (Å²) in [6.07, 6.45) is 3.58.